The molecule has 0 aromatic heterocycles. The molecule has 4 nitrogen and oxygen atoms in total. The van der Waals surface area contributed by atoms with Gasteiger partial charge in [0.25, 0.3) is 0 Å². The number of aliphatic carboxylic acids is 2. The van der Waals surface area contributed by atoms with E-state index in [0.717, 1.165) is 0 Å². The van der Waals surface area contributed by atoms with Gasteiger partial charge in [0, 0.05) is 0 Å². The van der Waals surface area contributed by atoms with Crippen molar-refractivity contribution in [1.29, 1.82) is 0 Å². The molecule has 0 bridgehead atoms. The van der Waals surface area contributed by atoms with E-state index in [2.05, 4.69) is 26.0 Å². The van der Waals surface area contributed by atoms with Crippen LogP contribution in [0.25, 0.3) is 0 Å². The molecule has 0 saturated heterocycles. The lowest BCUT2D eigenvalue weighted by atomic mass is 10.2. The molecule has 16 heavy (non-hydrogen) atoms. The zero-order valence-corrected chi connectivity index (χ0v) is 10.1. The highest BCUT2D eigenvalue weighted by atomic mass is 16.4. The molecule has 0 aliphatic carbocycles. The summed E-state index contributed by atoms with van der Waals surface area (Å²) in [7, 11) is 0. The van der Waals surface area contributed by atoms with Gasteiger partial charge in [-0.2, -0.15) is 0 Å². The van der Waals surface area contributed by atoms with Gasteiger partial charge in [-0.15, -0.1) is 0 Å². The highest BCUT2D eigenvalue weighted by Crippen LogP contribution is 1.98. The van der Waals surface area contributed by atoms with Crippen molar-refractivity contribution < 1.29 is 19.8 Å². The number of hydrogen-bond acceptors (Lipinski definition) is 2. The molecule has 0 amide bonds. The normalized spacial score (nSPS) is 9.62. The fraction of sp³-hybridized carbons (Fsp3) is 0.667. The first-order valence-corrected chi connectivity index (χ1v) is 5.59. The summed E-state index contributed by atoms with van der Waals surface area (Å²) in [5.41, 5.74) is 0. The summed E-state index contributed by atoms with van der Waals surface area (Å²) in [5.74, 6) is -2.15. The SMILES string of the molecule is CC=CCCCCC.O=C(O)CCC(=O)O. The summed E-state index contributed by atoms with van der Waals surface area (Å²) in [5, 5.41) is 15.8. The summed E-state index contributed by atoms with van der Waals surface area (Å²) in [6, 6.07) is 0. The van der Waals surface area contributed by atoms with Crippen LogP contribution in [0.1, 0.15) is 52.4 Å². The van der Waals surface area contributed by atoms with E-state index in [1.807, 2.05) is 0 Å². The fourth-order valence-corrected chi connectivity index (χ4v) is 0.893. The maximum atomic E-state index is 9.64. The van der Waals surface area contributed by atoms with Crippen LogP contribution < -0.4 is 0 Å². The van der Waals surface area contributed by atoms with Crippen molar-refractivity contribution >= 4 is 11.9 Å². The number of unbranched alkanes of at least 4 members (excludes halogenated alkanes) is 3. The Kier molecular flexibility index (Phi) is 14.6. The van der Waals surface area contributed by atoms with Crippen LogP contribution in [0.4, 0.5) is 0 Å². The lowest BCUT2D eigenvalue weighted by Gasteiger charge is -1.88. The quantitative estimate of drug-likeness (QED) is 0.520. The van der Waals surface area contributed by atoms with Gasteiger partial charge < -0.3 is 10.2 Å². The molecule has 0 saturated carbocycles. The van der Waals surface area contributed by atoms with E-state index >= 15 is 0 Å². The van der Waals surface area contributed by atoms with Crippen molar-refractivity contribution in [3.8, 4) is 0 Å². The van der Waals surface area contributed by atoms with E-state index < -0.39 is 11.9 Å². The molecular weight excluding hydrogens is 208 g/mol. The molecule has 0 spiro atoms. The second-order valence-electron chi connectivity index (χ2n) is 3.35. The summed E-state index contributed by atoms with van der Waals surface area (Å²) >= 11 is 0. The van der Waals surface area contributed by atoms with Gasteiger partial charge in [-0.3, -0.25) is 9.59 Å². The minimum absolute atomic E-state index is 0.296. The topological polar surface area (TPSA) is 74.6 Å². The molecule has 0 aromatic carbocycles. The molecule has 0 unspecified atom stereocenters. The van der Waals surface area contributed by atoms with Crippen LogP contribution in [0.5, 0.6) is 0 Å². The number of carboxylic acids is 2. The Morgan fingerprint density at radius 2 is 1.56 bits per heavy atom. The van der Waals surface area contributed by atoms with Crippen LogP contribution in [0, 0.1) is 0 Å². The standard InChI is InChI=1S/C8H16.C4H6O4/c1-3-5-7-8-6-4-2;5-3(6)1-2-4(7)8/h3,5H,4,6-8H2,1-2H3;1-2H2,(H,5,6)(H,7,8). The zero-order chi connectivity index (χ0) is 12.8. The zero-order valence-electron chi connectivity index (χ0n) is 10.1. The number of allylic oxidation sites excluding steroid dienone is 2. The van der Waals surface area contributed by atoms with Gasteiger partial charge in [-0.25, -0.2) is 0 Å². The smallest absolute Gasteiger partial charge is 0.303 e. The van der Waals surface area contributed by atoms with Crippen LogP contribution in [-0.2, 0) is 9.59 Å². The Morgan fingerprint density at radius 3 is 1.88 bits per heavy atom. The molecule has 4 heteroatoms. The van der Waals surface area contributed by atoms with Gasteiger partial charge in [0.15, 0.2) is 0 Å². The molecule has 0 fully saturated rings. The van der Waals surface area contributed by atoms with E-state index in [4.69, 9.17) is 10.2 Å². The first kappa shape index (κ1) is 17.1. The number of carbonyl (C=O) groups is 2. The van der Waals surface area contributed by atoms with Gasteiger partial charge in [0.2, 0.25) is 0 Å². The second-order valence-corrected chi connectivity index (χ2v) is 3.35. The Morgan fingerprint density at radius 1 is 1.06 bits per heavy atom. The predicted molar refractivity (Wildman–Crippen MR) is 63.5 cm³/mol. The maximum Gasteiger partial charge on any atom is 0.303 e. The van der Waals surface area contributed by atoms with Crippen LogP contribution in [0.15, 0.2) is 12.2 Å². The third-order valence-corrected chi connectivity index (χ3v) is 1.76. The highest BCUT2D eigenvalue weighted by molar-refractivity contribution is 5.75. The highest BCUT2D eigenvalue weighted by Gasteiger charge is 2.00. The van der Waals surface area contributed by atoms with Crippen LogP contribution in [0.3, 0.4) is 0 Å². The Hall–Kier alpha value is -1.32. The van der Waals surface area contributed by atoms with Crippen molar-refractivity contribution in [1.82, 2.24) is 0 Å². The largest absolute Gasteiger partial charge is 0.481 e. The Labute approximate surface area is 97.0 Å². The average Bonchev–Trinajstić information content (AvgIpc) is 2.23. The molecule has 0 atom stereocenters. The molecule has 2 N–H and O–H groups in total. The van der Waals surface area contributed by atoms with Crippen molar-refractivity contribution in [3.05, 3.63) is 12.2 Å². The molecule has 0 rings (SSSR count). The predicted octanol–water partition coefficient (Wildman–Crippen LogP) is 3.08. The van der Waals surface area contributed by atoms with E-state index in [1.54, 1.807) is 0 Å². The maximum absolute atomic E-state index is 9.64. The third kappa shape index (κ3) is 23.0. The number of carboxylic acid groups (broad SMARTS) is 2. The monoisotopic (exact) mass is 230 g/mol. The molecule has 0 aliphatic heterocycles. The van der Waals surface area contributed by atoms with Gasteiger partial charge >= 0.3 is 11.9 Å². The third-order valence-electron chi connectivity index (χ3n) is 1.76. The molecule has 0 aromatic rings. The van der Waals surface area contributed by atoms with Crippen LogP contribution in [-0.4, -0.2) is 22.2 Å². The lowest BCUT2D eigenvalue weighted by Crippen LogP contribution is -2.00. The minimum Gasteiger partial charge on any atom is -0.481 e. The molecular formula is C12H22O4. The first-order chi connectivity index (χ1) is 7.54. The Balaban J connectivity index is 0. The van der Waals surface area contributed by atoms with E-state index in [-0.39, 0.29) is 12.8 Å². The summed E-state index contributed by atoms with van der Waals surface area (Å²) in [6.07, 6.45) is 9.10. The van der Waals surface area contributed by atoms with Crippen LogP contribution >= 0.6 is 0 Å². The minimum atomic E-state index is -1.08. The van der Waals surface area contributed by atoms with Crippen molar-refractivity contribution in [2.24, 2.45) is 0 Å². The first-order valence-electron chi connectivity index (χ1n) is 5.59. The van der Waals surface area contributed by atoms with E-state index in [1.165, 1.54) is 25.7 Å². The molecule has 0 aliphatic rings. The molecule has 94 valence electrons. The number of hydrogen-bond donors (Lipinski definition) is 2. The summed E-state index contributed by atoms with van der Waals surface area (Å²) in [6.45, 7) is 4.31. The van der Waals surface area contributed by atoms with Crippen LogP contribution in [0.2, 0.25) is 0 Å². The fourth-order valence-electron chi connectivity index (χ4n) is 0.893. The van der Waals surface area contributed by atoms with Gasteiger partial charge in [0.05, 0.1) is 12.8 Å². The van der Waals surface area contributed by atoms with Crippen molar-refractivity contribution in [2.75, 3.05) is 0 Å². The van der Waals surface area contributed by atoms with Gasteiger partial charge in [-0.05, 0) is 19.8 Å². The summed E-state index contributed by atoms with van der Waals surface area (Å²) < 4.78 is 0. The Bertz CT molecular complexity index is 195. The van der Waals surface area contributed by atoms with Crippen molar-refractivity contribution in [3.63, 3.8) is 0 Å². The van der Waals surface area contributed by atoms with E-state index in [9.17, 15) is 9.59 Å². The number of rotatable bonds is 7. The van der Waals surface area contributed by atoms with Gasteiger partial charge in [-0.1, -0.05) is 31.9 Å². The molecule has 0 radical (unpaired) electrons. The van der Waals surface area contributed by atoms with Gasteiger partial charge in [0.1, 0.15) is 0 Å². The second kappa shape index (κ2) is 13.7. The van der Waals surface area contributed by atoms with Crippen molar-refractivity contribution in [2.45, 2.75) is 52.4 Å². The molecule has 0 heterocycles. The average molecular weight is 230 g/mol. The summed E-state index contributed by atoms with van der Waals surface area (Å²) in [4.78, 5) is 19.3. The lowest BCUT2D eigenvalue weighted by molar-refractivity contribution is -0.143. The van der Waals surface area contributed by atoms with E-state index in [0.29, 0.717) is 0 Å².